The summed E-state index contributed by atoms with van der Waals surface area (Å²) in [6.07, 6.45) is 11.2. The fourth-order valence-electron chi connectivity index (χ4n) is 1.56. The highest BCUT2D eigenvalue weighted by Gasteiger charge is 2.50. The molecule has 19 heavy (non-hydrogen) atoms. The van der Waals surface area contributed by atoms with Gasteiger partial charge in [0.1, 0.15) is 4.60 Å². The Hall–Kier alpha value is -1.45. The molecule has 1 fully saturated rings. The molecule has 3 nitrogen and oxygen atoms in total. The summed E-state index contributed by atoms with van der Waals surface area (Å²) < 4.78 is 0.813. The molecular weight excluding hydrogens is 326 g/mol. The van der Waals surface area contributed by atoms with Crippen LogP contribution in [0.15, 0.2) is 35.1 Å². The third-order valence-corrected chi connectivity index (χ3v) is 4.15. The van der Waals surface area contributed by atoms with Gasteiger partial charge in [-0.1, -0.05) is 6.08 Å². The normalized spacial score (nSPS) is 16.4. The highest BCUT2D eigenvalue weighted by atomic mass is 79.9. The first kappa shape index (κ1) is 12.6. The Morgan fingerprint density at radius 1 is 1.32 bits per heavy atom. The molecule has 0 unspecified atom stereocenters. The number of aromatic nitrogens is 1. The van der Waals surface area contributed by atoms with Gasteiger partial charge in [0, 0.05) is 11.1 Å². The molecule has 0 saturated carbocycles. The minimum absolute atomic E-state index is 0.813. The smallest absolute Gasteiger partial charge is 0.249 e. The van der Waals surface area contributed by atoms with E-state index in [9.17, 15) is 0 Å². The van der Waals surface area contributed by atoms with Gasteiger partial charge in [-0.15, -0.1) is 17.8 Å². The van der Waals surface area contributed by atoms with Crippen molar-refractivity contribution in [3.63, 3.8) is 0 Å². The summed E-state index contributed by atoms with van der Waals surface area (Å²) in [5, 5.41) is 0. The van der Waals surface area contributed by atoms with Crippen molar-refractivity contribution in [3.8, 4) is 12.3 Å². The van der Waals surface area contributed by atoms with Gasteiger partial charge < -0.3 is 0 Å². The van der Waals surface area contributed by atoms with Crippen LogP contribution < -0.4 is 0 Å². The Labute approximate surface area is 123 Å². The zero-order valence-corrected chi connectivity index (χ0v) is 12.1. The minimum Gasteiger partial charge on any atom is -0.249 e. The highest BCUT2D eigenvalue weighted by Crippen LogP contribution is 2.43. The standard InChI is InChI=1S/C14H8BrNO2S/c1-2-14(17-18-14)12-6-5-11(19-12)4-3-10-7-8-16-13(15)9-10/h1,3-9H/b4-3+. The molecule has 1 aliphatic rings. The summed E-state index contributed by atoms with van der Waals surface area (Å²) in [6, 6.07) is 7.78. The van der Waals surface area contributed by atoms with Crippen molar-refractivity contribution in [3.05, 3.63) is 50.4 Å². The van der Waals surface area contributed by atoms with E-state index in [2.05, 4.69) is 26.8 Å². The molecule has 3 heterocycles. The van der Waals surface area contributed by atoms with Crippen LogP contribution in [0.2, 0.25) is 0 Å². The third-order valence-electron chi connectivity index (χ3n) is 2.58. The van der Waals surface area contributed by atoms with Crippen LogP contribution in [-0.4, -0.2) is 4.98 Å². The van der Waals surface area contributed by atoms with Crippen molar-refractivity contribution in [2.45, 2.75) is 5.79 Å². The average molecular weight is 334 g/mol. The maximum atomic E-state index is 5.37. The first-order valence-electron chi connectivity index (χ1n) is 5.46. The first-order valence-corrected chi connectivity index (χ1v) is 7.07. The van der Waals surface area contributed by atoms with Gasteiger partial charge in [-0.05, 0) is 57.8 Å². The lowest BCUT2D eigenvalue weighted by molar-refractivity contribution is 0.0850. The second-order valence-corrected chi connectivity index (χ2v) is 5.80. The van der Waals surface area contributed by atoms with Crippen LogP contribution in [0.4, 0.5) is 0 Å². The van der Waals surface area contributed by atoms with Gasteiger partial charge >= 0.3 is 5.79 Å². The summed E-state index contributed by atoms with van der Waals surface area (Å²) in [4.78, 5) is 15.8. The number of nitrogens with zero attached hydrogens (tertiary/aromatic N) is 1. The molecule has 0 aromatic carbocycles. The van der Waals surface area contributed by atoms with Crippen LogP contribution in [0.3, 0.4) is 0 Å². The molecule has 1 aliphatic heterocycles. The summed E-state index contributed by atoms with van der Waals surface area (Å²) in [6.45, 7) is 0. The molecule has 0 bridgehead atoms. The first-order chi connectivity index (χ1) is 9.22. The van der Waals surface area contributed by atoms with Gasteiger partial charge in [0.05, 0.1) is 4.88 Å². The number of hydrogen-bond acceptors (Lipinski definition) is 4. The van der Waals surface area contributed by atoms with E-state index in [1.165, 1.54) is 0 Å². The van der Waals surface area contributed by atoms with E-state index in [0.717, 1.165) is 19.9 Å². The fourth-order valence-corrected chi connectivity index (χ4v) is 2.87. The van der Waals surface area contributed by atoms with Crippen molar-refractivity contribution < 1.29 is 9.78 Å². The molecule has 0 atom stereocenters. The Morgan fingerprint density at radius 3 is 2.84 bits per heavy atom. The fraction of sp³-hybridized carbons (Fsp3) is 0.0714. The van der Waals surface area contributed by atoms with Crippen LogP contribution in [-0.2, 0) is 15.6 Å². The average Bonchev–Trinajstić information content (AvgIpc) is 3.08. The van der Waals surface area contributed by atoms with Gasteiger partial charge in [0.15, 0.2) is 0 Å². The Kier molecular flexibility index (Phi) is 3.25. The van der Waals surface area contributed by atoms with E-state index in [4.69, 9.17) is 16.2 Å². The topological polar surface area (TPSA) is 38.0 Å². The van der Waals surface area contributed by atoms with E-state index in [0.29, 0.717) is 0 Å². The predicted molar refractivity (Wildman–Crippen MR) is 77.9 cm³/mol. The summed E-state index contributed by atoms with van der Waals surface area (Å²) in [7, 11) is 0. The van der Waals surface area contributed by atoms with Crippen LogP contribution in [0, 0.1) is 12.3 Å². The van der Waals surface area contributed by atoms with Crippen LogP contribution in [0.1, 0.15) is 15.3 Å². The molecule has 0 aliphatic carbocycles. The van der Waals surface area contributed by atoms with Crippen molar-refractivity contribution >= 4 is 39.4 Å². The number of pyridine rings is 1. The maximum Gasteiger partial charge on any atom is 0.328 e. The van der Waals surface area contributed by atoms with Crippen LogP contribution in [0.5, 0.6) is 0 Å². The van der Waals surface area contributed by atoms with Gasteiger partial charge in [-0.3, -0.25) is 0 Å². The molecule has 3 rings (SSSR count). The van der Waals surface area contributed by atoms with Crippen molar-refractivity contribution in [2.75, 3.05) is 0 Å². The Balaban J connectivity index is 1.79. The minimum atomic E-state index is -0.948. The molecule has 0 N–H and O–H groups in total. The number of thiophene rings is 1. The van der Waals surface area contributed by atoms with E-state index >= 15 is 0 Å². The molecule has 0 spiro atoms. The molecule has 0 amide bonds. The quantitative estimate of drug-likeness (QED) is 0.371. The summed E-state index contributed by atoms with van der Waals surface area (Å²) in [5.74, 6) is 1.54. The van der Waals surface area contributed by atoms with Crippen LogP contribution in [0.25, 0.3) is 12.2 Å². The Morgan fingerprint density at radius 2 is 2.16 bits per heavy atom. The van der Waals surface area contributed by atoms with Crippen molar-refractivity contribution in [2.24, 2.45) is 0 Å². The number of hydrogen-bond donors (Lipinski definition) is 0. The molecule has 94 valence electrons. The van der Waals surface area contributed by atoms with E-state index in [1.54, 1.807) is 17.5 Å². The van der Waals surface area contributed by atoms with Gasteiger partial charge in [-0.25, -0.2) is 4.98 Å². The molecule has 1 saturated heterocycles. The van der Waals surface area contributed by atoms with Crippen molar-refractivity contribution in [1.82, 2.24) is 4.98 Å². The largest absolute Gasteiger partial charge is 0.328 e. The second kappa shape index (κ2) is 4.91. The Bertz CT molecular complexity index is 683. The lowest BCUT2D eigenvalue weighted by atomic mass is 10.2. The lowest BCUT2D eigenvalue weighted by Gasteiger charge is -1.93. The van der Waals surface area contributed by atoms with Gasteiger partial charge in [-0.2, -0.15) is 9.78 Å². The number of rotatable bonds is 3. The molecular formula is C14H8BrNO2S. The second-order valence-electron chi connectivity index (χ2n) is 3.87. The zero-order chi connectivity index (χ0) is 13.3. The molecule has 2 aromatic rings. The summed E-state index contributed by atoms with van der Waals surface area (Å²) >= 11 is 4.88. The number of terminal acetylenes is 1. The van der Waals surface area contributed by atoms with E-state index < -0.39 is 5.79 Å². The summed E-state index contributed by atoms with van der Waals surface area (Å²) in [5.41, 5.74) is 1.07. The van der Waals surface area contributed by atoms with E-state index in [-0.39, 0.29) is 0 Å². The van der Waals surface area contributed by atoms with Crippen molar-refractivity contribution in [1.29, 1.82) is 0 Å². The predicted octanol–water partition coefficient (Wildman–Crippen LogP) is 3.82. The highest BCUT2D eigenvalue weighted by molar-refractivity contribution is 9.10. The van der Waals surface area contributed by atoms with Gasteiger partial charge in [0.25, 0.3) is 0 Å². The third kappa shape index (κ3) is 2.62. The lowest BCUT2D eigenvalue weighted by Crippen LogP contribution is -1.99. The monoisotopic (exact) mass is 333 g/mol. The zero-order valence-electron chi connectivity index (χ0n) is 9.67. The van der Waals surface area contributed by atoms with E-state index in [1.807, 2.05) is 36.4 Å². The SMILES string of the molecule is C#CC1(c2ccc(/C=C/c3ccnc(Br)c3)s2)OO1. The maximum absolute atomic E-state index is 5.37. The number of halogens is 1. The van der Waals surface area contributed by atoms with Crippen LogP contribution >= 0.6 is 27.3 Å². The molecule has 0 radical (unpaired) electrons. The molecule has 5 heteroatoms. The molecule has 2 aromatic heterocycles. The van der Waals surface area contributed by atoms with Gasteiger partial charge in [0.2, 0.25) is 0 Å².